The van der Waals surface area contributed by atoms with Crippen LogP contribution in [0.5, 0.6) is 0 Å². The van der Waals surface area contributed by atoms with Gasteiger partial charge in [-0.2, -0.15) is 4.98 Å². The molecule has 0 saturated carbocycles. The van der Waals surface area contributed by atoms with E-state index in [4.69, 9.17) is 15.2 Å². The predicted molar refractivity (Wildman–Crippen MR) is 134 cm³/mol. The monoisotopic (exact) mass is 513 g/mol. The molecule has 0 bridgehead atoms. The first-order valence-electron chi connectivity index (χ1n) is 11.3. The molecule has 11 nitrogen and oxygen atoms in total. The third-order valence-electron chi connectivity index (χ3n) is 4.99. The number of benzene rings is 1. The number of H-pyrrole nitrogens is 1. The van der Waals surface area contributed by atoms with Gasteiger partial charge in [0.05, 0.1) is 18.6 Å². The third kappa shape index (κ3) is 7.28. The van der Waals surface area contributed by atoms with Crippen LogP contribution in [0.4, 0.5) is 5.95 Å². The normalized spacial score (nSPS) is 11.6. The number of anilines is 1. The highest BCUT2D eigenvalue weighted by atomic mass is 32.2. The Morgan fingerprint density at radius 1 is 1.14 bits per heavy atom. The van der Waals surface area contributed by atoms with Gasteiger partial charge < -0.3 is 20.5 Å². The molecular formula is C24H27N5O6S. The number of nitrogen functional groups attached to an aromatic ring is 1. The molecule has 3 aromatic rings. The Balaban J connectivity index is 1.61. The Bertz CT molecular complexity index is 1290. The van der Waals surface area contributed by atoms with E-state index in [-0.39, 0.29) is 43.2 Å². The van der Waals surface area contributed by atoms with E-state index < -0.39 is 23.9 Å². The Hall–Kier alpha value is -3.93. The molecular weight excluding hydrogens is 486 g/mol. The summed E-state index contributed by atoms with van der Waals surface area (Å²) >= 11 is 1.47. The van der Waals surface area contributed by atoms with Crippen LogP contribution >= 0.6 is 11.8 Å². The number of thioether (sulfide) groups is 1. The molecule has 0 spiro atoms. The average molecular weight is 514 g/mol. The summed E-state index contributed by atoms with van der Waals surface area (Å²) in [6.07, 6.45) is 1.67. The van der Waals surface area contributed by atoms with Crippen molar-refractivity contribution < 1.29 is 23.9 Å². The molecule has 190 valence electrons. The SMILES string of the molecule is CCOC(=O)CCC(NC(=O)c1ccc(CSc2cnc3nc(N)[nH]c(=O)c3c2)cc1)C(=O)OCC. The Morgan fingerprint density at radius 2 is 1.86 bits per heavy atom. The number of carbonyl (C=O) groups excluding carboxylic acids is 3. The zero-order valence-corrected chi connectivity index (χ0v) is 20.7. The lowest BCUT2D eigenvalue weighted by molar-refractivity contribution is -0.146. The van der Waals surface area contributed by atoms with Gasteiger partial charge in [-0.15, -0.1) is 11.8 Å². The first-order valence-corrected chi connectivity index (χ1v) is 12.3. The second-order valence-electron chi connectivity index (χ2n) is 7.60. The number of carbonyl (C=O) groups is 3. The summed E-state index contributed by atoms with van der Waals surface area (Å²) in [5.41, 5.74) is 6.76. The smallest absolute Gasteiger partial charge is 0.328 e. The first kappa shape index (κ1) is 26.7. The van der Waals surface area contributed by atoms with E-state index in [9.17, 15) is 19.2 Å². The number of fused-ring (bicyclic) bond motifs is 1. The minimum absolute atomic E-state index is 0.0112. The number of nitrogens with zero attached hydrogens (tertiary/aromatic N) is 2. The maximum absolute atomic E-state index is 12.7. The molecule has 36 heavy (non-hydrogen) atoms. The lowest BCUT2D eigenvalue weighted by atomic mass is 10.1. The highest BCUT2D eigenvalue weighted by molar-refractivity contribution is 7.98. The molecule has 0 aliphatic heterocycles. The summed E-state index contributed by atoms with van der Waals surface area (Å²) < 4.78 is 9.91. The Kier molecular flexibility index (Phi) is 9.39. The fraction of sp³-hybridized carbons (Fsp3) is 0.333. The minimum atomic E-state index is -0.967. The van der Waals surface area contributed by atoms with Crippen molar-refractivity contribution in [3.05, 3.63) is 58.0 Å². The molecule has 0 aliphatic rings. The van der Waals surface area contributed by atoms with Crippen molar-refractivity contribution in [3.8, 4) is 0 Å². The maximum Gasteiger partial charge on any atom is 0.328 e. The van der Waals surface area contributed by atoms with Gasteiger partial charge in [0, 0.05) is 28.8 Å². The van der Waals surface area contributed by atoms with Crippen molar-refractivity contribution in [3.63, 3.8) is 0 Å². The number of pyridine rings is 1. The van der Waals surface area contributed by atoms with Crippen molar-refractivity contribution in [1.29, 1.82) is 0 Å². The summed E-state index contributed by atoms with van der Waals surface area (Å²) in [6.45, 7) is 3.75. The largest absolute Gasteiger partial charge is 0.466 e. The number of aromatic nitrogens is 3. The topological polar surface area (TPSA) is 166 Å². The summed E-state index contributed by atoms with van der Waals surface area (Å²) in [7, 11) is 0. The van der Waals surface area contributed by atoms with E-state index in [1.165, 1.54) is 11.8 Å². The van der Waals surface area contributed by atoms with Crippen LogP contribution in [-0.4, -0.2) is 52.1 Å². The van der Waals surface area contributed by atoms with E-state index in [1.807, 2.05) is 0 Å². The fourth-order valence-corrected chi connectivity index (χ4v) is 4.10. The number of amides is 1. The van der Waals surface area contributed by atoms with Crippen LogP contribution in [0.3, 0.4) is 0 Å². The van der Waals surface area contributed by atoms with Gasteiger partial charge >= 0.3 is 11.9 Å². The molecule has 2 aromatic heterocycles. The standard InChI is InChI=1S/C24H27N5O6S/c1-3-34-19(30)10-9-18(23(33)35-4-2)27-21(31)15-7-5-14(6-8-15)13-36-16-11-17-20(26-12-16)28-24(25)29-22(17)32/h5-8,11-12,18H,3-4,9-10,13H2,1-2H3,(H,27,31)(H3,25,26,28,29,32). The van der Waals surface area contributed by atoms with E-state index in [1.54, 1.807) is 50.4 Å². The molecule has 0 fully saturated rings. The number of nitrogens with one attached hydrogen (secondary N) is 2. The minimum Gasteiger partial charge on any atom is -0.466 e. The number of hydrogen-bond donors (Lipinski definition) is 3. The summed E-state index contributed by atoms with van der Waals surface area (Å²) in [4.78, 5) is 60.1. The molecule has 1 atom stereocenters. The van der Waals surface area contributed by atoms with Gasteiger partial charge in [-0.1, -0.05) is 12.1 Å². The van der Waals surface area contributed by atoms with Gasteiger partial charge in [0.2, 0.25) is 5.95 Å². The summed E-state index contributed by atoms with van der Waals surface area (Å²) in [6, 6.07) is 7.62. The Labute approximate surface area is 211 Å². The van der Waals surface area contributed by atoms with Gasteiger partial charge in [-0.25, -0.2) is 9.78 Å². The molecule has 1 unspecified atom stereocenters. The summed E-state index contributed by atoms with van der Waals surface area (Å²) in [5.74, 6) is -0.934. The zero-order valence-electron chi connectivity index (χ0n) is 19.9. The van der Waals surface area contributed by atoms with Crippen molar-refractivity contribution in [2.24, 2.45) is 0 Å². The first-order chi connectivity index (χ1) is 17.3. The molecule has 0 saturated heterocycles. The highest BCUT2D eigenvalue weighted by Crippen LogP contribution is 2.24. The second-order valence-corrected chi connectivity index (χ2v) is 8.65. The number of nitrogens with two attached hydrogens (primary N) is 1. The van der Waals surface area contributed by atoms with E-state index in [2.05, 4.69) is 20.3 Å². The van der Waals surface area contributed by atoms with Crippen LogP contribution in [0, 0.1) is 0 Å². The Morgan fingerprint density at radius 3 is 2.56 bits per heavy atom. The number of aromatic amines is 1. The summed E-state index contributed by atoms with van der Waals surface area (Å²) in [5, 5.41) is 2.98. The lowest BCUT2D eigenvalue weighted by Gasteiger charge is -2.17. The van der Waals surface area contributed by atoms with Crippen LogP contribution in [-0.2, 0) is 24.8 Å². The van der Waals surface area contributed by atoms with Crippen molar-refractivity contribution in [2.75, 3.05) is 18.9 Å². The molecule has 1 aromatic carbocycles. The third-order valence-corrected chi connectivity index (χ3v) is 6.03. The molecule has 3 rings (SSSR count). The molecule has 12 heteroatoms. The number of rotatable bonds is 11. The van der Waals surface area contributed by atoms with Crippen LogP contribution in [0.25, 0.3) is 11.0 Å². The fourth-order valence-electron chi connectivity index (χ4n) is 3.25. The highest BCUT2D eigenvalue weighted by Gasteiger charge is 2.24. The second kappa shape index (κ2) is 12.7. The number of ether oxygens (including phenoxy) is 2. The van der Waals surface area contributed by atoms with Gasteiger partial charge in [0.25, 0.3) is 11.5 Å². The van der Waals surface area contributed by atoms with Crippen LogP contribution in [0.1, 0.15) is 42.6 Å². The van der Waals surface area contributed by atoms with Crippen LogP contribution in [0.2, 0.25) is 0 Å². The van der Waals surface area contributed by atoms with Gasteiger partial charge in [-0.05, 0) is 44.0 Å². The van der Waals surface area contributed by atoms with Gasteiger partial charge in [0.15, 0.2) is 5.65 Å². The van der Waals surface area contributed by atoms with Crippen molar-refractivity contribution >= 4 is 46.6 Å². The van der Waals surface area contributed by atoms with Crippen LogP contribution in [0.15, 0.2) is 46.2 Å². The lowest BCUT2D eigenvalue weighted by Crippen LogP contribution is -2.42. The molecule has 0 aliphatic carbocycles. The quantitative estimate of drug-likeness (QED) is 0.255. The number of esters is 2. The maximum atomic E-state index is 12.7. The van der Waals surface area contributed by atoms with Crippen molar-refractivity contribution in [1.82, 2.24) is 20.3 Å². The van der Waals surface area contributed by atoms with Crippen LogP contribution < -0.4 is 16.6 Å². The van der Waals surface area contributed by atoms with E-state index in [0.717, 1.165) is 10.5 Å². The molecule has 2 heterocycles. The van der Waals surface area contributed by atoms with Gasteiger partial charge in [0.1, 0.15) is 6.04 Å². The van der Waals surface area contributed by atoms with Crippen molar-refractivity contribution in [2.45, 2.75) is 43.4 Å². The van der Waals surface area contributed by atoms with Gasteiger partial charge in [-0.3, -0.25) is 19.4 Å². The molecule has 4 N–H and O–H groups in total. The van der Waals surface area contributed by atoms with E-state index in [0.29, 0.717) is 16.7 Å². The molecule has 0 radical (unpaired) electrons. The average Bonchev–Trinajstić information content (AvgIpc) is 2.85. The van der Waals surface area contributed by atoms with E-state index >= 15 is 0 Å². The molecule has 1 amide bonds. The zero-order chi connectivity index (χ0) is 26.1. The number of hydrogen-bond acceptors (Lipinski definition) is 10. The predicted octanol–water partition coefficient (Wildman–Crippen LogP) is 2.20.